The van der Waals surface area contributed by atoms with Crippen LogP contribution in [0.4, 0.5) is 0 Å². The lowest BCUT2D eigenvalue weighted by Crippen LogP contribution is -2.32. The fourth-order valence-electron chi connectivity index (χ4n) is 7.89. The monoisotopic (exact) mass is 648 g/mol. The number of aromatic hydroxyl groups is 3. The van der Waals surface area contributed by atoms with Crippen molar-refractivity contribution in [2.24, 2.45) is 0 Å². The maximum atomic E-state index is 10.5. The molecule has 0 fully saturated rings. The molecule has 0 unspecified atom stereocenters. The van der Waals surface area contributed by atoms with Gasteiger partial charge in [-0.2, -0.15) is 0 Å². The van der Waals surface area contributed by atoms with E-state index in [9.17, 15) is 15.3 Å². The zero-order chi connectivity index (χ0) is 34.3. The van der Waals surface area contributed by atoms with Crippen LogP contribution in [0, 0.1) is 0 Å². The molecule has 242 valence electrons. The Morgan fingerprint density at radius 1 is 0.320 bits per heavy atom. The lowest BCUT2D eigenvalue weighted by Gasteiger charge is -2.39. The molecule has 8 aromatic rings. The van der Waals surface area contributed by atoms with Crippen LogP contribution in [0.1, 0.15) is 45.9 Å². The van der Waals surface area contributed by atoms with E-state index in [1.807, 2.05) is 36.4 Å². The lowest BCUT2D eigenvalue weighted by molar-refractivity contribution is 0.473. The number of phenolic OH excluding ortho intramolecular Hbond substituents is 3. The summed E-state index contributed by atoms with van der Waals surface area (Å²) in [7, 11) is 0. The van der Waals surface area contributed by atoms with Gasteiger partial charge in [-0.1, -0.05) is 146 Å². The minimum Gasteiger partial charge on any atom is -0.508 e. The Bertz CT molecular complexity index is 2310. The van der Waals surface area contributed by atoms with Crippen LogP contribution < -0.4 is 0 Å². The van der Waals surface area contributed by atoms with Gasteiger partial charge >= 0.3 is 0 Å². The predicted octanol–water partition coefficient (Wildman–Crippen LogP) is 10.8. The van der Waals surface area contributed by atoms with Crippen molar-refractivity contribution >= 4 is 21.5 Å². The predicted molar refractivity (Wildman–Crippen MR) is 203 cm³/mol. The number of hydrogen-bond acceptors (Lipinski definition) is 3. The summed E-state index contributed by atoms with van der Waals surface area (Å²) in [4.78, 5) is 0. The highest BCUT2D eigenvalue weighted by atomic mass is 16.3. The molecule has 0 aliphatic rings. The molecule has 0 saturated heterocycles. The van der Waals surface area contributed by atoms with Crippen molar-refractivity contribution in [3.8, 4) is 17.2 Å². The smallest absolute Gasteiger partial charge is 0.115 e. The van der Waals surface area contributed by atoms with Crippen LogP contribution >= 0.6 is 0 Å². The molecule has 0 aromatic heterocycles. The number of hydrogen-bond donors (Lipinski definition) is 3. The molecule has 0 aliphatic heterocycles. The molecule has 0 aliphatic carbocycles. The average molecular weight is 649 g/mol. The molecule has 0 saturated carbocycles. The summed E-state index contributed by atoms with van der Waals surface area (Å²) in [5.74, 6) is 0.634. The van der Waals surface area contributed by atoms with Gasteiger partial charge in [-0.3, -0.25) is 0 Å². The van der Waals surface area contributed by atoms with E-state index in [1.165, 1.54) is 0 Å². The molecule has 0 spiro atoms. The molecular formula is C47H36O3. The molecule has 8 rings (SSSR count). The molecule has 0 radical (unpaired) electrons. The number of rotatable bonds is 7. The first-order valence-electron chi connectivity index (χ1n) is 16.8. The van der Waals surface area contributed by atoms with Crippen molar-refractivity contribution in [3.05, 3.63) is 221 Å². The second-order valence-electron chi connectivity index (χ2n) is 13.1. The summed E-state index contributed by atoms with van der Waals surface area (Å²) >= 11 is 0. The molecule has 8 aromatic carbocycles. The Morgan fingerprint density at radius 3 is 1.02 bits per heavy atom. The minimum absolute atomic E-state index is 0.209. The summed E-state index contributed by atoms with van der Waals surface area (Å²) in [6, 6.07) is 61.4. The summed E-state index contributed by atoms with van der Waals surface area (Å²) in [5.41, 5.74) is 6.13. The molecule has 0 heterocycles. The van der Waals surface area contributed by atoms with Crippen LogP contribution in [0.5, 0.6) is 17.2 Å². The first-order valence-corrected chi connectivity index (χ1v) is 16.8. The molecule has 3 nitrogen and oxygen atoms in total. The normalized spacial score (nSPS) is 11.9. The van der Waals surface area contributed by atoms with Crippen molar-refractivity contribution in [1.82, 2.24) is 0 Å². The average Bonchev–Trinajstić information content (AvgIpc) is 3.16. The van der Waals surface area contributed by atoms with Crippen LogP contribution in [0.2, 0.25) is 0 Å². The van der Waals surface area contributed by atoms with Gasteiger partial charge in [0.1, 0.15) is 17.2 Å². The summed E-state index contributed by atoms with van der Waals surface area (Å²) in [6.07, 6.45) is 0. The first-order chi connectivity index (χ1) is 24.4. The van der Waals surface area contributed by atoms with Gasteiger partial charge in [0.2, 0.25) is 0 Å². The highest BCUT2D eigenvalue weighted by Crippen LogP contribution is 2.50. The highest BCUT2D eigenvalue weighted by Gasteiger charge is 2.41. The highest BCUT2D eigenvalue weighted by molar-refractivity contribution is 5.94. The van der Waals surface area contributed by atoms with Gasteiger partial charge in [0.05, 0.1) is 5.41 Å². The summed E-state index contributed by atoms with van der Waals surface area (Å²) < 4.78 is 0. The van der Waals surface area contributed by atoms with Crippen molar-refractivity contribution in [2.75, 3.05) is 0 Å². The van der Waals surface area contributed by atoms with Gasteiger partial charge in [-0.15, -0.1) is 0 Å². The van der Waals surface area contributed by atoms with Crippen molar-refractivity contribution in [1.29, 1.82) is 0 Å². The second kappa shape index (κ2) is 12.3. The molecular weight excluding hydrogens is 613 g/mol. The number of benzene rings is 8. The number of phenols is 3. The van der Waals surface area contributed by atoms with E-state index in [-0.39, 0.29) is 17.2 Å². The van der Waals surface area contributed by atoms with Crippen molar-refractivity contribution in [3.63, 3.8) is 0 Å². The Hall–Kier alpha value is -6.32. The van der Waals surface area contributed by atoms with E-state index in [1.54, 1.807) is 36.4 Å². The molecule has 3 heteroatoms. The number of fused-ring (bicyclic) bond motifs is 2. The van der Waals surface area contributed by atoms with Crippen LogP contribution in [0.25, 0.3) is 21.5 Å². The van der Waals surface area contributed by atoms with E-state index in [0.29, 0.717) is 0 Å². The van der Waals surface area contributed by atoms with E-state index in [4.69, 9.17) is 0 Å². The van der Waals surface area contributed by atoms with Gasteiger partial charge in [0.25, 0.3) is 0 Å². The van der Waals surface area contributed by atoms with Crippen molar-refractivity contribution in [2.45, 2.75) is 17.8 Å². The maximum absolute atomic E-state index is 10.5. The van der Waals surface area contributed by atoms with Crippen LogP contribution in [-0.4, -0.2) is 15.3 Å². The molecule has 0 amide bonds. The van der Waals surface area contributed by atoms with E-state index in [2.05, 4.69) is 116 Å². The lowest BCUT2D eigenvalue weighted by atomic mass is 9.62. The SMILES string of the molecule is CC(c1ccc(O)cc1)(c1ccc(O)cc1)c1ccc(C(c2ccc(O)cc2)(c2cccc3ccccc23)c2cccc3ccccc23)cc1. The molecule has 0 atom stereocenters. The summed E-state index contributed by atoms with van der Waals surface area (Å²) in [5, 5.41) is 35.5. The zero-order valence-electron chi connectivity index (χ0n) is 27.7. The van der Waals surface area contributed by atoms with Crippen LogP contribution in [0.3, 0.4) is 0 Å². The van der Waals surface area contributed by atoms with E-state index >= 15 is 0 Å². The van der Waals surface area contributed by atoms with Crippen LogP contribution in [-0.2, 0) is 10.8 Å². The Kier molecular flexibility index (Phi) is 7.61. The third-order valence-electron chi connectivity index (χ3n) is 10.5. The third-order valence-corrected chi connectivity index (χ3v) is 10.5. The standard InChI is InChI=1S/C47H36O3/c1-46(35-20-26-39(48)27-21-35,36-22-28-40(49)29-23-36)34-16-18-37(19-17-34)47(38-24-30-41(50)31-25-38,44-14-6-10-32-8-2-4-12-42(32)44)45-15-7-11-33-9-3-5-13-43(33)45/h2-31,48-50H,1H3. The minimum atomic E-state index is -0.776. The maximum Gasteiger partial charge on any atom is 0.115 e. The van der Waals surface area contributed by atoms with E-state index in [0.717, 1.165) is 60.5 Å². The zero-order valence-corrected chi connectivity index (χ0v) is 27.7. The largest absolute Gasteiger partial charge is 0.508 e. The summed E-state index contributed by atoms with van der Waals surface area (Å²) in [6.45, 7) is 2.18. The van der Waals surface area contributed by atoms with Gasteiger partial charge in [0.15, 0.2) is 0 Å². The quantitative estimate of drug-likeness (QED) is 0.151. The van der Waals surface area contributed by atoms with Gasteiger partial charge in [-0.25, -0.2) is 0 Å². The fourth-order valence-corrected chi connectivity index (χ4v) is 7.89. The van der Waals surface area contributed by atoms with Gasteiger partial charge in [-0.05, 0) is 104 Å². The molecule has 0 bridgehead atoms. The molecule has 50 heavy (non-hydrogen) atoms. The van der Waals surface area contributed by atoms with Gasteiger partial charge < -0.3 is 15.3 Å². The van der Waals surface area contributed by atoms with Crippen LogP contribution in [0.15, 0.2) is 182 Å². The van der Waals surface area contributed by atoms with Gasteiger partial charge in [0, 0.05) is 5.41 Å². The topological polar surface area (TPSA) is 60.7 Å². The Labute approximate surface area is 292 Å². The second-order valence-corrected chi connectivity index (χ2v) is 13.1. The Morgan fingerprint density at radius 2 is 0.620 bits per heavy atom. The first kappa shape index (κ1) is 31.0. The van der Waals surface area contributed by atoms with Crippen molar-refractivity contribution < 1.29 is 15.3 Å². The molecule has 3 N–H and O–H groups in total. The Balaban J connectivity index is 1.46. The fraction of sp³-hybridized carbons (Fsp3) is 0.0638. The third kappa shape index (κ3) is 4.98. The van der Waals surface area contributed by atoms with E-state index < -0.39 is 10.8 Å².